The van der Waals surface area contributed by atoms with Crippen LogP contribution in [0.3, 0.4) is 0 Å². The summed E-state index contributed by atoms with van der Waals surface area (Å²) in [6.45, 7) is 6.71. The standard InChI is InChI=1S/C21H25ClN2O3.C10H15NO.3ClH/c22-19-8-6-18(7-9-19)21(17-4-2-1-3-5-17)24-12-10-23(11-13-24)14-15-27-16-20(25)26;1-8(11-2)10(12)9-6-4-3-5-7-9;;;/h1-9,21H,10-16H2,(H,25,26);3-8,10-12H,1-2H3;3*1H/t;8-,10+;;;/m.0.../s1. The van der Waals surface area contributed by atoms with E-state index in [0.717, 1.165) is 43.3 Å². The molecule has 42 heavy (non-hydrogen) atoms. The molecule has 1 aliphatic rings. The van der Waals surface area contributed by atoms with Crippen LogP contribution >= 0.6 is 48.8 Å². The zero-order chi connectivity index (χ0) is 28.0. The molecule has 0 saturated carbocycles. The largest absolute Gasteiger partial charge is 0.480 e. The average Bonchev–Trinajstić information content (AvgIpc) is 2.97. The van der Waals surface area contributed by atoms with Gasteiger partial charge in [0.1, 0.15) is 6.61 Å². The average molecular weight is 664 g/mol. The number of piperazine rings is 1. The van der Waals surface area contributed by atoms with Crippen molar-refractivity contribution in [3.63, 3.8) is 0 Å². The molecule has 3 atom stereocenters. The van der Waals surface area contributed by atoms with E-state index >= 15 is 0 Å². The lowest BCUT2D eigenvalue weighted by Gasteiger charge is -2.39. The molecule has 1 fully saturated rings. The normalized spacial score (nSPS) is 15.3. The highest BCUT2D eigenvalue weighted by Gasteiger charge is 2.26. The molecule has 3 N–H and O–H groups in total. The highest BCUT2D eigenvalue weighted by Crippen LogP contribution is 2.30. The van der Waals surface area contributed by atoms with Gasteiger partial charge in [0.15, 0.2) is 0 Å². The minimum absolute atomic E-state index is 0. The van der Waals surface area contributed by atoms with Gasteiger partial charge in [0.2, 0.25) is 0 Å². The minimum Gasteiger partial charge on any atom is -0.480 e. The van der Waals surface area contributed by atoms with Crippen LogP contribution in [-0.4, -0.2) is 85.0 Å². The van der Waals surface area contributed by atoms with E-state index in [9.17, 15) is 9.90 Å². The molecule has 0 radical (unpaired) electrons. The summed E-state index contributed by atoms with van der Waals surface area (Å²) in [4.78, 5) is 15.3. The van der Waals surface area contributed by atoms with E-state index in [2.05, 4.69) is 51.5 Å². The Hall–Kier alpha value is -1.91. The van der Waals surface area contributed by atoms with Gasteiger partial charge in [0.05, 0.1) is 18.8 Å². The second-order valence-electron chi connectivity index (χ2n) is 9.62. The molecule has 11 heteroatoms. The summed E-state index contributed by atoms with van der Waals surface area (Å²) in [6.07, 6.45) is -0.420. The van der Waals surface area contributed by atoms with E-state index in [1.807, 2.05) is 62.5 Å². The fourth-order valence-electron chi connectivity index (χ4n) is 4.59. The molecule has 3 aromatic rings. The molecular weight excluding hydrogens is 620 g/mol. The van der Waals surface area contributed by atoms with Crippen LogP contribution in [0.2, 0.25) is 5.02 Å². The number of ether oxygens (including phenoxy) is 1. The summed E-state index contributed by atoms with van der Waals surface area (Å²) in [7, 11) is 1.84. The second-order valence-corrected chi connectivity index (χ2v) is 10.1. The van der Waals surface area contributed by atoms with Crippen LogP contribution in [0.25, 0.3) is 0 Å². The van der Waals surface area contributed by atoms with Crippen LogP contribution < -0.4 is 5.32 Å². The summed E-state index contributed by atoms with van der Waals surface area (Å²) in [5, 5.41) is 22.1. The SMILES string of the molecule is CN[C@@H](C)[C@@H](O)c1ccccc1.Cl.Cl.Cl.O=C(O)COCCN1CCN(C(c2ccccc2)c2ccc(Cl)cc2)CC1. The highest BCUT2D eigenvalue weighted by atomic mass is 35.5. The lowest BCUT2D eigenvalue weighted by Crippen LogP contribution is -2.48. The van der Waals surface area contributed by atoms with Crippen LogP contribution in [0, 0.1) is 0 Å². The van der Waals surface area contributed by atoms with Crippen molar-refractivity contribution in [2.24, 2.45) is 0 Å². The van der Waals surface area contributed by atoms with Crippen LogP contribution in [-0.2, 0) is 9.53 Å². The lowest BCUT2D eigenvalue weighted by molar-refractivity contribution is -0.142. The van der Waals surface area contributed by atoms with Gasteiger partial charge >= 0.3 is 5.97 Å². The van der Waals surface area contributed by atoms with E-state index in [1.165, 1.54) is 11.1 Å². The molecule has 4 rings (SSSR count). The molecule has 1 aliphatic heterocycles. The highest BCUT2D eigenvalue weighted by molar-refractivity contribution is 6.30. The zero-order valence-corrected chi connectivity index (χ0v) is 27.2. The smallest absolute Gasteiger partial charge is 0.329 e. The maximum absolute atomic E-state index is 10.5. The van der Waals surface area contributed by atoms with Crippen LogP contribution in [0.1, 0.15) is 35.8 Å². The number of hydrogen-bond acceptors (Lipinski definition) is 6. The maximum Gasteiger partial charge on any atom is 0.329 e. The van der Waals surface area contributed by atoms with Crippen LogP contribution in [0.4, 0.5) is 0 Å². The fourth-order valence-corrected chi connectivity index (χ4v) is 4.72. The lowest BCUT2D eigenvalue weighted by atomic mass is 9.96. The molecule has 0 spiro atoms. The molecule has 0 amide bonds. The fraction of sp³-hybridized carbons (Fsp3) is 0.387. The van der Waals surface area contributed by atoms with E-state index < -0.39 is 12.1 Å². The molecule has 0 aliphatic carbocycles. The van der Waals surface area contributed by atoms with Crippen molar-refractivity contribution in [1.82, 2.24) is 15.1 Å². The summed E-state index contributed by atoms with van der Waals surface area (Å²) in [5.41, 5.74) is 3.47. The van der Waals surface area contributed by atoms with Gasteiger partial charge in [-0.25, -0.2) is 4.79 Å². The molecule has 1 saturated heterocycles. The molecule has 234 valence electrons. The summed E-state index contributed by atoms with van der Waals surface area (Å²) >= 11 is 6.08. The number of aliphatic hydroxyl groups excluding tert-OH is 1. The number of nitrogens with zero attached hydrogens (tertiary/aromatic N) is 2. The van der Waals surface area contributed by atoms with Crippen molar-refractivity contribution in [1.29, 1.82) is 0 Å². The van der Waals surface area contributed by atoms with Gasteiger partial charge in [0.25, 0.3) is 0 Å². The quantitative estimate of drug-likeness (QED) is 0.226. The first kappa shape index (κ1) is 40.1. The van der Waals surface area contributed by atoms with Gasteiger partial charge in [-0.2, -0.15) is 0 Å². The van der Waals surface area contributed by atoms with Gasteiger partial charge < -0.3 is 20.3 Å². The number of carboxylic acids is 1. The Kier molecular flexibility index (Phi) is 20.7. The summed E-state index contributed by atoms with van der Waals surface area (Å²) < 4.78 is 5.15. The molecule has 1 unspecified atom stereocenters. The van der Waals surface area contributed by atoms with E-state index in [4.69, 9.17) is 21.4 Å². The molecule has 1 heterocycles. The third-order valence-corrected chi connectivity index (χ3v) is 7.17. The first-order chi connectivity index (χ1) is 18.9. The number of carbonyl (C=O) groups is 1. The number of halogens is 4. The predicted octanol–water partition coefficient (Wildman–Crippen LogP) is 5.74. The molecule has 0 aromatic heterocycles. The van der Waals surface area contributed by atoms with Crippen LogP contribution in [0.15, 0.2) is 84.9 Å². The van der Waals surface area contributed by atoms with Gasteiger partial charge in [-0.3, -0.25) is 9.80 Å². The van der Waals surface area contributed by atoms with E-state index in [-0.39, 0.29) is 55.9 Å². The van der Waals surface area contributed by atoms with Crippen molar-refractivity contribution >= 4 is 54.8 Å². The summed E-state index contributed by atoms with van der Waals surface area (Å²) in [6, 6.07) is 28.6. The Morgan fingerprint density at radius 1 is 0.857 bits per heavy atom. The Bertz CT molecular complexity index is 1110. The second kappa shape index (κ2) is 21.7. The number of likely N-dealkylation sites (N-methyl/N-ethyl adjacent to an activating group) is 1. The zero-order valence-electron chi connectivity index (χ0n) is 24.0. The third kappa shape index (κ3) is 13.2. The number of aliphatic carboxylic acids is 1. The maximum atomic E-state index is 10.5. The Balaban J connectivity index is 0.000000957. The molecule has 0 bridgehead atoms. The van der Waals surface area contributed by atoms with E-state index in [0.29, 0.717) is 6.61 Å². The van der Waals surface area contributed by atoms with Crippen LogP contribution in [0.5, 0.6) is 0 Å². The first-order valence-electron chi connectivity index (χ1n) is 13.4. The number of nitrogens with one attached hydrogen (secondary N) is 1. The summed E-state index contributed by atoms with van der Waals surface area (Å²) in [5.74, 6) is -0.923. The molecular formula is C31H43Cl4N3O4. The number of rotatable bonds is 11. The van der Waals surface area contributed by atoms with Gasteiger partial charge in [-0.05, 0) is 42.8 Å². The number of hydrogen-bond donors (Lipinski definition) is 3. The molecule has 3 aromatic carbocycles. The Morgan fingerprint density at radius 2 is 1.36 bits per heavy atom. The van der Waals surface area contributed by atoms with Crippen molar-refractivity contribution in [3.8, 4) is 0 Å². The molecule has 7 nitrogen and oxygen atoms in total. The Morgan fingerprint density at radius 3 is 1.86 bits per heavy atom. The van der Waals surface area contributed by atoms with Crippen molar-refractivity contribution in [3.05, 3.63) is 107 Å². The Labute approximate surface area is 273 Å². The third-order valence-electron chi connectivity index (χ3n) is 6.92. The number of carboxylic acid groups (broad SMARTS) is 1. The first-order valence-corrected chi connectivity index (χ1v) is 13.7. The van der Waals surface area contributed by atoms with Crippen molar-refractivity contribution in [2.45, 2.75) is 25.1 Å². The predicted molar refractivity (Wildman–Crippen MR) is 178 cm³/mol. The monoisotopic (exact) mass is 661 g/mol. The minimum atomic E-state index is -0.923. The number of benzene rings is 3. The topological polar surface area (TPSA) is 85.3 Å². The number of aliphatic hydroxyl groups is 1. The van der Waals surface area contributed by atoms with E-state index in [1.54, 1.807) is 0 Å². The van der Waals surface area contributed by atoms with Gasteiger partial charge in [-0.15, -0.1) is 37.2 Å². The van der Waals surface area contributed by atoms with Gasteiger partial charge in [0, 0.05) is 43.8 Å². The van der Waals surface area contributed by atoms with Crippen molar-refractivity contribution in [2.75, 3.05) is 53.0 Å². The van der Waals surface area contributed by atoms with Crippen molar-refractivity contribution < 1.29 is 19.7 Å². The van der Waals surface area contributed by atoms with Gasteiger partial charge in [-0.1, -0.05) is 84.4 Å².